The molecule has 1 atom stereocenters. The second-order valence-electron chi connectivity index (χ2n) is 6.46. The molecule has 5 nitrogen and oxygen atoms in total. The number of carbonyl (C=O) groups excluding carboxylic acids is 2. The van der Waals surface area contributed by atoms with Gasteiger partial charge in [0.2, 0.25) is 5.91 Å². The van der Waals surface area contributed by atoms with Crippen molar-refractivity contribution in [1.82, 2.24) is 15.2 Å². The van der Waals surface area contributed by atoms with Gasteiger partial charge in [0, 0.05) is 30.9 Å². The van der Waals surface area contributed by atoms with Crippen LogP contribution in [0, 0.1) is 5.92 Å². The maximum absolute atomic E-state index is 12.6. The topological polar surface area (TPSA) is 62.3 Å². The summed E-state index contributed by atoms with van der Waals surface area (Å²) in [5, 5.41) is 5.80. The zero-order valence-electron chi connectivity index (χ0n) is 14.3. The minimum atomic E-state index is -0.0900. The van der Waals surface area contributed by atoms with Crippen LogP contribution in [-0.2, 0) is 4.79 Å². The van der Waals surface area contributed by atoms with Crippen molar-refractivity contribution < 1.29 is 9.59 Å². The lowest BCUT2D eigenvalue weighted by atomic mass is 9.97. The van der Waals surface area contributed by atoms with Crippen molar-refractivity contribution in [3.05, 3.63) is 16.1 Å². The van der Waals surface area contributed by atoms with Crippen LogP contribution in [0.5, 0.6) is 0 Å². The highest BCUT2D eigenvalue weighted by atomic mass is 32.1. The fraction of sp³-hybridized carbons (Fsp3) is 0.706. The smallest absolute Gasteiger partial charge is 0.273 e. The van der Waals surface area contributed by atoms with Crippen LogP contribution in [0.25, 0.3) is 0 Å². The summed E-state index contributed by atoms with van der Waals surface area (Å²) in [5.74, 6) is 0.282. The van der Waals surface area contributed by atoms with E-state index in [-0.39, 0.29) is 17.7 Å². The number of rotatable bonds is 6. The molecule has 0 aromatic carbocycles. The third-order valence-corrected chi connectivity index (χ3v) is 5.29. The SMILES string of the molecule is CCCCNC(=O)C1CCCN(C(=O)c2csc(C(C)C)n2)C1. The Balaban J connectivity index is 1.94. The number of aromatic nitrogens is 1. The molecule has 23 heavy (non-hydrogen) atoms. The fourth-order valence-corrected chi connectivity index (χ4v) is 3.53. The van der Waals surface area contributed by atoms with Gasteiger partial charge in [-0.05, 0) is 19.3 Å². The van der Waals surface area contributed by atoms with Crippen LogP contribution in [0.4, 0.5) is 0 Å². The van der Waals surface area contributed by atoms with Crippen LogP contribution in [0.15, 0.2) is 5.38 Å². The van der Waals surface area contributed by atoms with E-state index in [1.165, 1.54) is 11.3 Å². The molecule has 2 rings (SSSR count). The number of unbranched alkanes of at least 4 members (excludes halogenated alkanes) is 1. The Morgan fingerprint density at radius 1 is 1.48 bits per heavy atom. The van der Waals surface area contributed by atoms with E-state index in [0.717, 1.165) is 37.2 Å². The summed E-state index contributed by atoms with van der Waals surface area (Å²) in [6, 6.07) is 0. The Hall–Kier alpha value is -1.43. The molecular weight excluding hydrogens is 310 g/mol. The van der Waals surface area contributed by atoms with Crippen molar-refractivity contribution in [2.45, 2.75) is 52.4 Å². The first kappa shape index (κ1) is 17.9. The predicted octanol–water partition coefficient (Wildman–Crippen LogP) is 3.04. The lowest BCUT2D eigenvalue weighted by molar-refractivity contribution is -0.126. The van der Waals surface area contributed by atoms with Gasteiger partial charge in [0.1, 0.15) is 5.69 Å². The standard InChI is InChI=1S/C17H27N3O2S/c1-4-5-8-18-15(21)13-7-6-9-20(10-13)17(22)14-11-23-16(19-14)12(2)3/h11-13H,4-10H2,1-3H3,(H,18,21). The van der Waals surface area contributed by atoms with E-state index in [1.54, 1.807) is 4.90 Å². The average molecular weight is 337 g/mol. The number of thiazole rings is 1. The normalized spacial score (nSPS) is 18.3. The summed E-state index contributed by atoms with van der Waals surface area (Å²) in [4.78, 5) is 31.0. The van der Waals surface area contributed by atoms with Gasteiger partial charge in [-0.25, -0.2) is 4.98 Å². The van der Waals surface area contributed by atoms with Crippen LogP contribution in [0.2, 0.25) is 0 Å². The summed E-state index contributed by atoms with van der Waals surface area (Å²) in [6.07, 6.45) is 3.80. The third kappa shape index (κ3) is 4.77. The van der Waals surface area contributed by atoms with Gasteiger partial charge in [-0.2, -0.15) is 0 Å². The van der Waals surface area contributed by atoms with Gasteiger partial charge >= 0.3 is 0 Å². The quantitative estimate of drug-likeness (QED) is 0.812. The van der Waals surface area contributed by atoms with E-state index >= 15 is 0 Å². The zero-order valence-corrected chi connectivity index (χ0v) is 15.1. The Labute approximate surface area is 142 Å². The highest BCUT2D eigenvalue weighted by Gasteiger charge is 2.29. The summed E-state index contributed by atoms with van der Waals surface area (Å²) >= 11 is 1.53. The largest absolute Gasteiger partial charge is 0.356 e. The molecule has 128 valence electrons. The van der Waals surface area contributed by atoms with E-state index in [4.69, 9.17) is 0 Å². The number of amides is 2. The van der Waals surface area contributed by atoms with Crippen LogP contribution in [0.3, 0.4) is 0 Å². The molecule has 2 amide bonds. The Kier molecular flexibility index (Phi) is 6.57. The van der Waals surface area contributed by atoms with Gasteiger partial charge < -0.3 is 10.2 Å². The lowest BCUT2D eigenvalue weighted by Gasteiger charge is -2.31. The Morgan fingerprint density at radius 2 is 2.26 bits per heavy atom. The van der Waals surface area contributed by atoms with Crippen molar-refractivity contribution in [2.75, 3.05) is 19.6 Å². The number of nitrogens with one attached hydrogen (secondary N) is 1. The number of likely N-dealkylation sites (tertiary alicyclic amines) is 1. The fourth-order valence-electron chi connectivity index (χ4n) is 2.72. The predicted molar refractivity (Wildman–Crippen MR) is 92.7 cm³/mol. The number of hydrogen-bond acceptors (Lipinski definition) is 4. The number of carbonyl (C=O) groups is 2. The van der Waals surface area contributed by atoms with Crippen LogP contribution >= 0.6 is 11.3 Å². The molecule has 1 saturated heterocycles. The Morgan fingerprint density at radius 3 is 2.91 bits per heavy atom. The molecule has 1 aromatic rings. The molecule has 2 heterocycles. The first-order valence-electron chi connectivity index (χ1n) is 8.55. The van der Waals surface area contributed by atoms with E-state index in [0.29, 0.717) is 24.7 Å². The number of piperidine rings is 1. The first-order valence-corrected chi connectivity index (χ1v) is 9.43. The zero-order chi connectivity index (χ0) is 16.8. The van der Waals surface area contributed by atoms with Gasteiger partial charge in [0.05, 0.1) is 10.9 Å². The van der Waals surface area contributed by atoms with Crippen molar-refractivity contribution in [1.29, 1.82) is 0 Å². The van der Waals surface area contributed by atoms with Crippen molar-refractivity contribution >= 4 is 23.2 Å². The van der Waals surface area contributed by atoms with Crippen LogP contribution in [0.1, 0.15) is 67.9 Å². The monoisotopic (exact) mass is 337 g/mol. The van der Waals surface area contributed by atoms with Crippen molar-refractivity contribution in [3.63, 3.8) is 0 Å². The molecule has 1 fully saturated rings. The molecule has 1 aliphatic heterocycles. The molecule has 1 unspecified atom stereocenters. The molecule has 0 aliphatic carbocycles. The highest BCUT2D eigenvalue weighted by Crippen LogP contribution is 2.22. The summed E-state index contributed by atoms with van der Waals surface area (Å²) < 4.78 is 0. The first-order chi connectivity index (χ1) is 11.0. The van der Waals surface area contributed by atoms with Gasteiger partial charge in [0.25, 0.3) is 5.91 Å². The second-order valence-corrected chi connectivity index (χ2v) is 7.35. The summed E-state index contributed by atoms with van der Waals surface area (Å²) in [5.41, 5.74) is 0.519. The van der Waals surface area contributed by atoms with Gasteiger partial charge in [-0.3, -0.25) is 9.59 Å². The molecule has 0 bridgehead atoms. The number of hydrogen-bond donors (Lipinski definition) is 1. The van der Waals surface area contributed by atoms with E-state index in [9.17, 15) is 9.59 Å². The molecule has 0 saturated carbocycles. The van der Waals surface area contributed by atoms with Crippen molar-refractivity contribution in [2.24, 2.45) is 5.92 Å². The van der Waals surface area contributed by atoms with Crippen LogP contribution in [-0.4, -0.2) is 41.3 Å². The van der Waals surface area contributed by atoms with Gasteiger partial charge in [-0.1, -0.05) is 27.2 Å². The van der Waals surface area contributed by atoms with E-state index < -0.39 is 0 Å². The van der Waals surface area contributed by atoms with Gasteiger partial charge in [0.15, 0.2) is 0 Å². The molecule has 1 aromatic heterocycles. The molecule has 0 radical (unpaired) electrons. The van der Waals surface area contributed by atoms with E-state index in [2.05, 4.69) is 31.1 Å². The average Bonchev–Trinajstić information content (AvgIpc) is 3.04. The molecule has 1 aliphatic rings. The summed E-state index contributed by atoms with van der Waals surface area (Å²) in [7, 11) is 0. The molecule has 1 N–H and O–H groups in total. The third-order valence-electron chi connectivity index (χ3n) is 4.14. The Bertz CT molecular complexity index is 542. The number of nitrogens with zero attached hydrogens (tertiary/aromatic N) is 2. The maximum Gasteiger partial charge on any atom is 0.273 e. The minimum absolute atomic E-state index is 0.0424. The minimum Gasteiger partial charge on any atom is -0.356 e. The lowest BCUT2D eigenvalue weighted by Crippen LogP contribution is -2.45. The van der Waals surface area contributed by atoms with E-state index in [1.807, 2.05) is 5.38 Å². The van der Waals surface area contributed by atoms with Gasteiger partial charge in [-0.15, -0.1) is 11.3 Å². The molecule has 6 heteroatoms. The van der Waals surface area contributed by atoms with Crippen molar-refractivity contribution in [3.8, 4) is 0 Å². The molecular formula is C17H27N3O2S. The highest BCUT2D eigenvalue weighted by molar-refractivity contribution is 7.09. The molecule has 0 spiro atoms. The maximum atomic E-state index is 12.6. The second kappa shape index (κ2) is 8.43. The summed E-state index contributed by atoms with van der Waals surface area (Å²) in [6.45, 7) is 8.20. The van der Waals surface area contributed by atoms with Crippen LogP contribution < -0.4 is 5.32 Å².